The molecule has 52 heavy (non-hydrogen) atoms. The average molecular weight is 726 g/mol. The predicted molar refractivity (Wildman–Crippen MR) is 201 cm³/mol. The van der Waals surface area contributed by atoms with Gasteiger partial charge in [0.1, 0.15) is 17.2 Å². The summed E-state index contributed by atoms with van der Waals surface area (Å²) in [6, 6.07) is 10.8. The van der Waals surface area contributed by atoms with Gasteiger partial charge in [-0.25, -0.2) is 9.97 Å². The molecule has 4 aromatic heterocycles. The van der Waals surface area contributed by atoms with Crippen LogP contribution in [0.5, 0.6) is 5.75 Å². The van der Waals surface area contributed by atoms with E-state index in [0.29, 0.717) is 72.6 Å². The number of nitrogens with zero attached hydrogens (tertiary/aromatic N) is 9. The van der Waals surface area contributed by atoms with E-state index >= 15 is 0 Å². The molecule has 0 spiro atoms. The van der Waals surface area contributed by atoms with Gasteiger partial charge in [-0.3, -0.25) is 24.1 Å². The second-order valence-electron chi connectivity index (χ2n) is 14.0. The zero-order valence-corrected chi connectivity index (χ0v) is 31.0. The van der Waals surface area contributed by atoms with Crippen molar-refractivity contribution in [2.45, 2.75) is 51.6 Å². The zero-order valence-electron chi connectivity index (χ0n) is 30.2. The van der Waals surface area contributed by atoms with Crippen LogP contribution in [0.4, 0.5) is 10.9 Å². The first kappa shape index (κ1) is 36.3. The third-order valence-electron chi connectivity index (χ3n) is 8.57. The van der Waals surface area contributed by atoms with E-state index < -0.39 is 0 Å². The van der Waals surface area contributed by atoms with Crippen molar-refractivity contribution < 1.29 is 14.3 Å². The van der Waals surface area contributed by atoms with Gasteiger partial charge in [0, 0.05) is 41.7 Å². The molecular weight excluding hydrogens is 683 g/mol. The van der Waals surface area contributed by atoms with E-state index in [2.05, 4.69) is 51.8 Å². The van der Waals surface area contributed by atoms with E-state index in [-0.39, 0.29) is 28.8 Å². The lowest BCUT2D eigenvalue weighted by Crippen LogP contribution is -2.47. The quantitative estimate of drug-likeness (QED) is 0.205. The summed E-state index contributed by atoms with van der Waals surface area (Å²) in [5.74, 6) is 1.18. The van der Waals surface area contributed by atoms with Crippen molar-refractivity contribution in [3.63, 3.8) is 0 Å². The zero-order chi connectivity index (χ0) is 37.0. The summed E-state index contributed by atoms with van der Waals surface area (Å²) in [5.41, 5.74) is 2.41. The van der Waals surface area contributed by atoms with Gasteiger partial charge in [0.25, 0.3) is 11.5 Å². The predicted octanol–water partition coefficient (Wildman–Crippen LogP) is 3.56. The number of ether oxygens (including phenoxy) is 1. The summed E-state index contributed by atoms with van der Waals surface area (Å²) in [7, 11) is 5.33. The van der Waals surface area contributed by atoms with Gasteiger partial charge >= 0.3 is 0 Å². The molecule has 0 atom stereocenters. The second kappa shape index (κ2) is 15.4. The van der Waals surface area contributed by atoms with Crippen molar-refractivity contribution in [2.75, 3.05) is 51.1 Å². The minimum atomic E-state index is -0.352. The van der Waals surface area contributed by atoms with Crippen LogP contribution in [0.15, 0.2) is 52.8 Å². The summed E-state index contributed by atoms with van der Waals surface area (Å²) in [6.07, 6.45) is 6.21. The van der Waals surface area contributed by atoms with Gasteiger partial charge in [-0.1, -0.05) is 32.9 Å². The van der Waals surface area contributed by atoms with Crippen molar-refractivity contribution in [1.29, 1.82) is 0 Å². The smallest absolute Gasteiger partial charge is 0.267 e. The summed E-state index contributed by atoms with van der Waals surface area (Å²) in [6.45, 7) is 8.04. The molecule has 0 aliphatic carbocycles. The van der Waals surface area contributed by atoms with E-state index in [4.69, 9.17) is 9.72 Å². The van der Waals surface area contributed by atoms with Crippen LogP contribution in [0.3, 0.4) is 0 Å². The molecule has 1 saturated heterocycles. The Kier molecular flexibility index (Phi) is 10.8. The van der Waals surface area contributed by atoms with Crippen LogP contribution in [0, 0.1) is 0 Å². The van der Waals surface area contributed by atoms with Gasteiger partial charge in [-0.05, 0) is 74.1 Å². The van der Waals surface area contributed by atoms with Crippen LogP contribution < -0.4 is 25.8 Å². The summed E-state index contributed by atoms with van der Waals surface area (Å²) < 4.78 is 6.65. The van der Waals surface area contributed by atoms with Crippen LogP contribution in [0.25, 0.3) is 17.8 Å². The highest BCUT2D eigenvalue weighted by Gasteiger charge is 2.25. The van der Waals surface area contributed by atoms with Crippen molar-refractivity contribution >= 4 is 51.9 Å². The highest BCUT2D eigenvalue weighted by atomic mass is 32.1. The number of benzene rings is 1. The van der Waals surface area contributed by atoms with Crippen molar-refractivity contribution in [3.05, 3.63) is 86.5 Å². The molecule has 15 nitrogen and oxygen atoms in total. The minimum absolute atomic E-state index is 0.00847. The van der Waals surface area contributed by atoms with Crippen LogP contribution in [-0.2, 0) is 16.8 Å². The molecule has 2 amide bonds. The number of carbonyl (C=O) groups excluding carboxylic acids is 2. The number of likely N-dealkylation sites (N-methyl/N-ethyl adjacent to an activating group) is 1. The highest BCUT2D eigenvalue weighted by molar-refractivity contribution is 7.14. The third-order valence-corrected chi connectivity index (χ3v) is 9.33. The maximum Gasteiger partial charge on any atom is 0.267 e. The Balaban J connectivity index is 1.28. The monoisotopic (exact) mass is 725 g/mol. The molecule has 272 valence electrons. The summed E-state index contributed by atoms with van der Waals surface area (Å²) >= 11 is 1.36. The number of amides is 2. The Bertz CT molecular complexity index is 2140. The van der Waals surface area contributed by atoms with Gasteiger partial charge in [-0.2, -0.15) is 4.80 Å². The fourth-order valence-corrected chi connectivity index (χ4v) is 6.68. The normalized spacial score (nSPS) is 14.0. The van der Waals surface area contributed by atoms with Gasteiger partial charge in [0.05, 0.1) is 31.5 Å². The molecule has 0 radical (unpaired) electrons. The van der Waals surface area contributed by atoms with Gasteiger partial charge < -0.3 is 19.9 Å². The molecule has 16 heteroatoms. The Morgan fingerprint density at radius 3 is 2.50 bits per heavy atom. The number of methoxy groups -OCH3 is 1. The number of aromatic nitrogens is 7. The van der Waals surface area contributed by atoms with Gasteiger partial charge in [-0.15, -0.1) is 21.5 Å². The Morgan fingerprint density at radius 1 is 1.08 bits per heavy atom. The minimum Gasteiger partial charge on any atom is -0.497 e. The first-order chi connectivity index (χ1) is 24.9. The van der Waals surface area contributed by atoms with Crippen molar-refractivity contribution in [3.8, 4) is 5.75 Å². The molecule has 5 heterocycles. The molecule has 0 bridgehead atoms. The molecular formula is C36H43N11O4S. The second-order valence-corrected chi connectivity index (χ2v) is 14.8. The van der Waals surface area contributed by atoms with E-state index in [9.17, 15) is 14.4 Å². The highest BCUT2D eigenvalue weighted by Crippen LogP contribution is 2.27. The van der Waals surface area contributed by atoms with Crippen LogP contribution in [0.1, 0.15) is 66.6 Å². The van der Waals surface area contributed by atoms with E-state index in [1.54, 1.807) is 37.6 Å². The Morgan fingerprint density at radius 2 is 1.83 bits per heavy atom. The number of tetrazole rings is 1. The van der Waals surface area contributed by atoms with Crippen molar-refractivity contribution in [2.24, 2.45) is 0 Å². The molecule has 6 rings (SSSR count). The number of rotatable bonds is 11. The Labute approximate surface area is 305 Å². The first-order valence-corrected chi connectivity index (χ1v) is 17.9. The fraction of sp³-hybridized carbons (Fsp3) is 0.389. The average Bonchev–Trinajstić information content (AvgIpc) is 3.78. The SMILES string of the molecule is COc1ccc(Cn2nnc(C=Cc3c(N4CCC(NC(=O)CN(C)C)CC4)nc4cc(C(=O)Nc5nc(C(C)(C)C)cs5)ccn4c3=O)n2)cc1. The molecule has 1 fully saturated rings. The number of piperidine rings is 1. The van der Waals surface area contributed by atoms with Crippen molar-refractivity contribution in [1.82, 2.24) is 44.8 Å². The maximum absolute atomic E-state index is 14.1. The number of pyridine rings is 1. The summed E-state index contributed by atoms with van der Waals surface area (Å²) in [4.78, 5) is 54.7. The molecule has 0 unspecified atom stereocenters. The summed E-state index contributed by atoms with van der Waals surface area (Å²) in [5, 5.41) is 21.2. The number of nitrogens with one attached hydrogen (secondary N) is 2. The van der Waals surface area contributed by atoms with Gasteiger partial charge in [0.2, 0.25) is 5.91 Å². The standard InChI is InChI=1S/C36H43N11O4S/c1-36(2,3)28-22-52-35(38-28)40-33(49)24-13-18-46-30(19-24)39-32(45-16-14-25(15-17-45)37-31(48)21-44(4)5)27(34(46)50)11-12-29-41-43-47(42-29)20-23-7-9-26(51-6)10-8-23/h7-13,18-19,22,25H,14-17,20-21H2,1-6H3,(H,37,48)(H,38,40,49). The molecule has 1 aliphatic heterocycles. The third kappa shape index (κ3) is 8.69. The lowest BCUT2D eigenvalue weighted by Gasteiger charge is -2.34. The molecule has 5 aromatic rings. The molecule has 2 N–H and O–H groups in total. The molecule has 0 saturated carbocycles. The van der Waals surface area contributed by atoms with Gasteiger partial charge in [0.15, 0.2) is 11.0 Å². The lowest BCUT2D eigenvalue weighted by atomic mass is 9.93. The lowest BCUT2D eigenvalue weighted by molar-refractivity contribution is -0.122. The number of thiazole rings is 1. The topological polar surface area (TPSA) is 165 Å². The molecule has 1 aromatic carbocycles. The number of anilines is 2. The number of fused-ring (bicyclic) bond motifs is 1. The molecule has 1 aliphatic rings. The van der Waals surface area contributed by atoms with E-state index in [1.807, 2.05) is 53.5 Å². The number of hydrogen-bond acceptors (Lipinski definition) is 12. The maximum atomic E-state index is 14.1. The number of carbonyl (C=O) groups is 2. The fourth-order valence-electron chi connectivity index (χ4n) is 5.75. The first-order valence-electron chi connectivity index (χ1n) is 17.0. The van der Waals surface area contributed by atoms with Crippen LogP contribution in [0.2, 0.25) is 0 Å². The Hall–Kier alpha value is -5.48. The number of hydrogen-bond donors (Lipinski definition) is 2. The van der Waals surface area contributed by atoms with E-state index in [1.165, 1.54) is 20.5 Å². The largest absolute Gasteiger partial charge is 0.497 e. The van der Waals surface area contributed by atoms with E-state index in [0.717, 1.165) is 17.0 Å². The van der Waals surface area contributed by atoms with Crippen LogP contribution in [-0.4, -0.2) is 98.2 Å². The van der Waals surface area contributed by atoms with Crippen LogP contribution >= 0.6 is 11.3 Å².